The van der Waals surface area contributed by atoms with Gasteiger partial charge in [0, 0.05) is 44.5 Å². The number of carbonyl (C=O) groups is 1. The first-order valence-corrected chi connectivity index (χ1v) is 9.43. The molecule has 4 heterocycles. The number of nitrogens with zero attached hydrogens (tertiary/aromatic N) is 6. The van der Waals surface area contributed by atoms with Gasteiger partial charge in [-0.25, -0.2) is 9.50 Å². The van der Waals surface area contributed by atoms with Gasteiger partial charge in [0.1, 0.15) is 5.82 Å². The van der Waals surface area contributed by atoms with Crippen molar-refractivity contribution < 1.29 is 4.79 Å². The van der Waals surface area contributed by atoms with E-state index < -0.39 is 0 Å². The predicted molar refractivity (Wildman–Crippen MR) is 105 cm³/mol. The molecule has 0 aliphatic carbocycles. The molecule has 0 saturated carbocycles. The Morgan fingerprint density at radius 3 is 2.85 bits per heavy atom. The monoisotopic (exact) mass is 364 g/mol. The van der Waals surface area contributed by atoms with Crippen molar-refractivity contribution in [1.82, 2.24) is 24.5 Å². The fraction of sp³-hybridized carbons (Fsp3) is 0.400. The van der Waals surface area contributed by atoms with Crippen molar-refractivity contribution >= 4 is 17.4 Å². The molecule has 0 bridgehead atoms. The Morgan fingerprint density at radius 1 is 1.26 bits per heavy atom. The number of pyridine rings is 1. The molecule has 0 N–H and O–H groups in total. The molecule has 4 rings (SSSR count). The van der Waals surface area contributed by atoms with E-state index in [2.05, 4.69) is 14.9 Å². The lowest BCUT2D eigenvalue weighted by molar-refractivity contribution is -0.131. The molecule has 1 fully saturated rings. The van der Waals surface area contributed by atoms with Gasteiger partial charge in [-0.05, 0) is 37.1 Å². The summed E-state index contributed by atoms with van der Waals surface area (Å²) in [7, 11) is 1.92. The Kier molecular flexibility index (Phi) is 4.75. The number of hydrogen-bond donors (Lipinski definition) is 0. The molecular formula is C20H24N6O. The topological polar surface area (TPSA) is 66.6 Å². The zero-order valence-electron chi connectivity index (χ0n) is 15.7. The van der Waals surface area contributed by atoms with Gasteiger partial charge in [-0.15, -0.1) is 5.10 Å². The van der Waals surface area contributed by atoms with Gasteiger partial charge in [0.25, 0.3) is 0 Å². The van der Waals surface area contributed by atoms with E-state index in [4.69, 9.17) is 5.10 Å². The molecule has 0 unspecified atom stereocenters. The lowest BCUT2D eigenvalue weighted by Crippen LogP contribution is -2.39. The quantitative estimate of drug-likeness (QED) is 0.696. The van der Waals surface area contributed by atoms with E-state index in [9.17, 15) is 4.79 Å². The largest absolute Gasteiger partial charge is 0.353 e. The fourth-order valence-corrected chi connectivity index (χ4v) is 3.61. The maximum absolute atomic E-state index is 12.2. The van der Waals surface area contributed by atoms with Crippen LogP contribution in [0.1, 0.15) is 26.2 Å². The Hall–Kier alpha value is -2.96. The Balaban J connectivity index is 1.57. The molecule has 1 aliphatic heterocycles. The smallest absolute Gasteiger partial charge is 0.222 e. The molecule has 3 aromatic rings. The van der Waals surface area contributed by atoms with Gasteiger partial charge in [0.05, 0.1) is 17.9 Å². The van der Waals surface area contributed by atoms with Crippen molar-refractivity contribution in [1.29, 1.82) is 0 Å². The summed E-state index contributed by atoms with van der Waals surface area (Å²) in [4.78, 5) is 24.9. The van der Waals surface area contributed by atoms with E-state index in [-0.39, 0.29) is 11.9 Å². The van der Waals surface area contributed by atoms with Crippen LogP contribution in [-0.4, -0.2) is 56.6 Å². The van der Waals surface area contributed by atoms with Gasteiger partial charge in [0.15, 0.2) is 5.65 Å². The number of imidazole rings is 1. The molecule has 0 spiro atoms. The van der Waals surface area contributed by atoms with Crippen LogP contribution in [0.3, 0.4) is 0 Å². The summed E-state index contributed by atoms with van der Waals surface area (Å²) in [5.41, 5.74) is 2.79. The Bertz CT molecular complexity index is 938. The van der Waals surface area contributed by atoms with Gasteiger partial charge in [-0.3, -0.25) is 9.78 Å². The minimum atomic E-state index is 0.224. The third kappa shape index (κ3) is 3.37. The van der Waals surface area contributed by atoms with E-state index in [1.165, 1.54) is 0 Å². The zero-order chi connectivity index (χ0) is 18.8. The summed E-state index contributed by atoms with van der Waals surface area (Å²) < 4.78 is 1.88. The average Bonchev–Trinajstić information content (AvgIpc) is 3.35. The highest BCUT2D eigenvalue weighted by molar-refractivity contribution is 5.76. The van der Waals surface area contributed by atoms with Gasteiger partial charge in [-0.1, -0.05) is 6.92 Å². The van der Waals surface area contributed by atoms with Crippen molar-refractivity contribution in [2.24, 2.45) is 0 Å². The summed E-state index contributed by atoms with van der Waals surface area (Å²) in [6.45, 7) is 3.74. The van der Waals surface area contributed by atoms with Gasteiger partial charge < -0.3 is 9.80 Å². The average molecular weight is 364 g/mol. The predicted octanol–water partition coefficient (Wildman–Crippen LogP) is 2.63. The molecule has 1 saturated heterocycles. The summed E-state index contributed by atoms with van der Waals surface area (Å²) in [6, 6.07) is 8.15. The van der Waals surface area contributed by atoms with Crippen LogP contribution >= 0.6 is 0 Å². The van der Waals surface area contributed by atoms with Crippen LogP contribution in [-0.2, 0) is 4.79 Å². The fourth-order valence-electron chi connectivity index (χ4n) is 3.61. The van der Waals surface area contributed by atoms with E-state index in [1.54, 1.807) is 12.4 Å². The highest BCUT2D eigenvalue weighted by Crippen LogP contribution is 2.24. The highest BCUT2D eigenvalue weighted by atomic mass is 16.2. The summed E-state index contributed by atoms with van der Waals surface area (Å²) in [5.74, 6) is 1.14. The zero-order valence-corrected chi connectivity index (χ0v) is 15.7. The number of amides is 1. The van der Waals surface area contributed by atoms with Gasteiger partial charge >= 0.3 is 0 Å². The molecule has 0 radical (unpaired) electrons. The Morgan fingerprint density at radius 2 is 2.07 bits per heavy atom. The number of aromatic nitrogens is 4. The molecule has 0 aromatic carbocycles. The number of hydrogen-bond acceptors (Lipinski definition) is 5. The van der Waals surface area contributed by atoms with Gasteiger partial charge in [0.2, 0.25) is 5.91 Å². The van der Waals surface area contributed by atoms with Crippen LogP contribution in [0.15, 0.2) is 42.9 Å². The lowest BCUT2D eigenvalue weighted by atomic mass is 10.2. The number of rotatable bonds is 5. The van der Waals surface area contributed by atoms with E-state index in [0.29, 0.717) is 6.42 Å². The summed E-state index contributed by atoms with van der Waals surface area (Å²) in [5, 5.41) is 4.82. The second-order valence-electron chi connectivity index (χ2n) is 6.98. The van der Waals surface area contributed by atoms with Crippen molar-refractivity contribution in [2.45, 2.75) is 32.2 Å². The summed E-state index contributed by atoms with van der Waals surface area (Å²) in [6.07, 6.45) is 7.84. The van der Waals surface area contributed by atoms with E-state index >= 15 is 0 Å². The normalized spacial score (nSPS) is 16.8. The standard InChI is InChI=1S/C20H24N6O/c1-3-4-20(27)24(2)16-9-12-25(14-16)19-6-5-18-22-13-17(26(18)23-19)15-7-10-21-11-8-15/h5-8,10-11,13,16H,3-4,9,12,14H2,1-2H3/t16-/m0/s1. The molecule has 7 heteroatoms. The van der Waals surface area contributed by atoms with Crippen LogP contribution in [0.4, 0.5) is 5.82 Å². The number of anilines is 1. The van der Waals surface area contributed by atoms with Crippen molar-refractivity contribution in [3.8, 4) is 11.3 Å². The van der Waals surface area contributed by atoms with Crippen LogP contribution in [0.5, 0.6) is 0 Å². The molecule has 1 atom stereocenters. The van der Waals surface area contributed by atoms with Crippen LogP contribution in [0, 0.1) is 0 Å². The molecule has 1 aliphatic rings. The molecule has 3 aromatic heterocycles. The maximum Gasteiger partial charge on any atom is 0.222 e. The molecule has 27 heavy (non-hydrogen) atoms. The summed E-state index contributed by atoms with van der Waals surface area (Å²) >= 11 is 0. The lowest BCUT2D eigenvalue weighted by Gasteiger charge is -2.25. The van der Waals surface area contributed by atoms with Crippen LogP contribution < -0.4 is 4.90 Å². The van der Waals surface area contributed by atoms with Crippen LogP contribution in [0.25, 0.3) is 16.9 Å². The first-order chi connectivity index (χ1) is 13.2. The molecular weight excluding hydrogens is 340 g/mol. The number of likely N-dealkylation sites (N-methyl/N-ethyl adjacent to an activating group) is 1. The van der Waals surface area contributed by atoms with E-state index in [1.807, 2.05) is 53.8 Å². The maximum atomic E-state index is 12.2. The SMILES string of the molecule is CCCC(=O)N(C)[C@H]1CCN(c2ccc3ncc(-c4ccncc4)n3n2)C1. The van der Waals surface area contributed by atoms with E-state index in [0.717, 1.165) is 48.7 Å². The first-order valence-electron chi connectivity index (χ1n) is 9.43. The van der Waals surface area contributed by atoms with Crippen molar-refractivity contribution in [3.63, 3.8) is 0 Å². The minimum Gasteiger partial charge on any atom is -0.353 e. The Labute approximate surface area is 158 Å². The third-order valence-electron chi connectivity index (χ3n) is 5.22. The first kappa shape index (κ1) is 17.5. The van der Waals surface area contributed by atoms with Crippen molar-refractivity contribution in [2.75, 3.05) is 25.0 Å². The van der Waals surface area contributed by atoms with Gasteiger partial charge in [-0.2, -0.15) is 0 Å². The number of carbonyl (C=O) groups excluding carboxylic acids is 1. The molecule has 7 nitrogen and oxygen atoms in total. The number of fused-ring (bicyclic) bond motifs is 1. The second-order valence-corrected chi connectivity index (χ2v) is 6.98. The third-order valence-corrected chi connectivity index (χ3v) is 5.22. The highest BCUT2D eigenvalue weighted by Gasteiger charge is 2.29. The molecule has 1 amide bonds. The van der Waals surface area contributed by atoms with Crippen molar-refractivity contribution in [3.05, 3.63) is 42.9 Å². The van der Waals surface area contributed by atoms with Crippen LogP contribution in [0.2, 0.25) is 0 Å². The molecule has 140 valence electrons. The minimum absolute atomic E-state index is 0.224. The second kappa shape index (κ2) is 7.34.